The third kappa shape index (κ3) is 5.60. The Morgan fingerprint density at radius 2 is 2.14 bits per heavy atom. The molecule has 0 radical (unpaired) electrons. The molecule has 1 saturated heterocycles. The number of hydrogen-bond acceptors (Lipinski definition) is 2. The molecule has 4 heteroatoms. The van der Waals surface area contributed by atoms with Gasteiger partial charge >= 0.3 is 0 Å². The summed E-state index contributed by atoms with van der Waals surface area (Å²) in [4.78, 5) is 14.2. The van der Waals surface area contributed by atoms with Crippen molar-refractivity contribution < 1.29 is 9.18 Å². The van der Waals surface area contributed by atoms with E-state index in [1.165, 1.54) is 44.0 Å². The average molecular weight is 304 g/mol. The van der Waals surface area contributed by atoms with Crippen molar-refractivity contribution in [1.82, 2.24) is 10.2 Å². The van der Waals surface area contributed by atoms with Gasteiger partial charge < -0.3 is 10.2 Å². The van der Waals surface area contributed by atoms with E-state index in [-0.39, 0.29) is 11.7 Å². The summed E-state index contributed by atoms with van der Waals surface area (Å²) in [6.45, 7) is 5.20. The van der Waals surface area contributed by atoms with E-state index in [0.29, 0.717) is 12.6 Å². The van der Waals surface area contributed by atoms with Crippen molar-refractivity contribution in [2.24, 2.45) is 0 Å². The van der Waals surface area contributed by atoms with Crippen LogP contribution >= 0.6 is 0 Å². The summed E-state index contributed by atoms with van der Waals surface area (Å²) in [6, 6.07) is 6.74. The highest BCUT2D eigenvalue weighted by atomic mass is 19.1. The fourth-order valence-corrected chi connectivity index (χ4v) is 2.79. The van der Waals surface area contributed by atoms with Gasteiger partial charge in [-0.25, -0.2) is 4.39 Å². The highest BCUT2D eigenvalue weighted by molar-refractivity contribution is 5.91. The van der Waals surface area contributed by atoms with E-state index >= 15 is 0 Å². The number of amides is 1. The maximum absolute atomic E-state index is 12.8. The molecule has 120 valence electrons. The van der Waals surface area contributed by atoms with Crippen LogP contribution in [0, 0.1) is 5.82 Å². The van der Waals surface area contributed by atoms with Crippen LogP contribution in [-0.2, 0) is 4.79 Å². The van der Waals surface area contributed by atoms with Crippen molar-refractivity contribution >= 4 is 12.0 Å². The first-order chi connectivity index (χ1) is 10.6. The van der Waals surface area contributed by atoms with Crippen molar-refractivity contribution in [2.45, 2.75) is 38.6 Å². The van der Waals surface area contributed by atoms with Crippen molar-refractivity contribution in [1.29, 1.82) is 0 Å². The zero-order valence-electron chi connectivity index (χ0n) is 13.2. The van der Waals surface area contributed by atoms with Gasteiger partial charge in [0.25, 0.3) is 0 Å². The van der Waals surface area contributed by atoms with Crippen LogP contribution in [0.4, 0.5) is 4.39 Å². The fraction of sp³-hybridized carbons (Fsp3) is 0.500. The molecule has 0 spiro atoms. The molecule has 0 bridgehead atoms. The summed E-state index contributed by atoms with van der Waals surface area (Å²) in [6.07, 6.45) is 8.07. The standard InChI is InChI=1S/C18H25FN2O/c1-15-5-2-3-13-21(15)14-4-12-20-18(22)11-8-16-6-9-17(19)10-7-16/h6-11,15H,2-5,12-14H2,1H3,(H,20,22)/b11-8+/t15-/m1/s1. The van der Waals surface area contributed by atoms with Gasteiger partial charge in [0, 0.05) is 25.2 Å². The van der Waals surface area contributed by atoms with Crippen molar-refractivity contribution in [2.75, 3.05) is 19.6 Å². The third-order valence-corrected chi connectivity index (χ3v) is 4.16. The molecule has 1 aliphatic heterocycles. The van der Waals surface area contributed by atoms with Crippen LogP contribution in [0.5, 0.6) is 0 Å². The molecule has 2 rings (SSSR count). The molecule has 0 saturated carbocycles. The minimum absolute atomic E-state index is 0.101. The molecule has 0 aromatic heterocycles. The Bertz CT molecular complexity index is 498. The van der Waals surface area contributed by atoms with Gasteiger partial charge in [-0.1, -0.05) is 18.6 Å². The van der Waals surface area contributed by atoms with Gasteiger partial charge in [0.1, 0.15) is 5.82 Å². The molecule has 1 N–H and O–H groups in total. The zero-order valence-corrected chi connectivity index (χ0v) is 13.2. The van der Waals surface area contributed by atoms with E-state index < -0.39 is 0 Å². The number of likely N-dealkylation sites (tertiary alicyclic amines) is 1. The van der Waals surface area contributed by atoms with Gasteiger partial charge in [0.15, 0.2) is 0 Å². The molecule has 0 unspecified atom stereocenters. The molecular formula is C18H25FN2O. The molecule has 1 aromatic carbocycles. The van der Waals surface area contributed by atoms with Gasteiger partial charge in [0.2, 0.25) is 5.91 Å². The van der Waals surface area contributed by atoms with Gasteiger partial charge in [-0.05, 0) is 56.5 Å². The quantitative estimate of drug-likeness (QED) is 0.646. The summed E-state index contributed by atoms with van der Waals surface area (Å²) in [5.74, 6) is -0.371. The smallest absolute Gasteiger partial charge is 0.243 e. The first-order valence-corrected chi connectivity index (χ1v) is 8.10. The van der Waals surface area contributed by atoms with Gasteiger partial charge in [-0.2, -0.15) is 0 Å². The summed E-state index contributed by atoms with van der Waals surface area (Å²) in [5, 5.41) is 2.89. The van der Waals surface area contributed by atoms with Crippen molar-refractivity contribution in [3.8, 4) is 0 Å². The van der Waals surface area contributed by atoms with E-state index in [9.17, 15) is 9.18 Å². The number of nitrogens with zero attached hydrogens (tertiary/aromatic N) is 1. The molecule has 0 aliphatic carbocycles. The number of nitrogens with one attached hydrogen (secondary N) is 1. The number of hydrogen-bond donors (Lipinski definition) is 1. The Balaban J connectivity index is 1.64. The van der Waals surface area contributed by atoms with Crippen LogP contribution in [0.1, 0.15) is 38.2 Å². The Hall–Kier alpha value is -1.68. The number of halogens is 1. The first kappa shape index (κ1) is 16.7. The molecule has 1 fully saturated rings. The lowest BCUT2D eigenvalue weighted by atomic mass is 10.0. The molecule has 1 heterocycles. The number of rotatable bonds is 6. The molecule has 1 aliphatic rings. The number of piperidine rings is 1. The van der Waals surface area contributed by atoms with E-state index in [0.717, 1.165) is 18.5 Å². The molecule has 3 nitrogen and oxygen atoms in total. The van der Waals surface area contributed by atoms with Gasteiger partial charge in [0.05, 0.1) is 0 Å². The van der Waals surface area contributed by atoms with Crippen LogP contribution in [0.15, 0.2) is 30.3 Å². The summed E-state index contributed by atoms with van der Waals surface area (Å²) >= 11 is 0. The Kier molecular flexibility index (Phi) is 6.59. The van der Waals surface area contributed by atoms with Gasteiger partial charge in [-0.15, -0.1) is 0 Å². The lowest BCUT2D eigenvalue weighted by molar-refractivity contribution is -0.116. The number of benzene rings is 1. The highest BCUT2D eigenvalue weighted by Crippen LogP contribution is 2.16. The van der Waals surface area contributed by atoms with Crippen LogP contribution in [0.3, 0.4) is 0 Å². The number of carbonyl (C=O) groups is 1. The van der Waals surface area contributed by atoms with E-state index in [2.05, 4.69) is 17.1 Å². The Morgan fingerprint density at radius 1 is 1.36 bits per heavy atom. The third-order valence-electron chi connectivity index (χ3n) is 4.16. The fourth-order valence-electron chi connectivity index (χ4n) is 2.79. The highest BCUT2D eigenvalue weighted by Gasteiger charge is 2.16. The van der Waals surface area contributed by atoms with Crippen molar-refractivity contribution in [3.63, 3.8) is 0 Å². The second-order valence-corrected chi connectivity index (χ2v) is 5.91. The maximum Gasteiger partial charge on any atom is 0.243 e. The van der Waals surface area contributed by atoms with E-state index in [4.69, 9.17) is 0 Å². The Morgan fingerprint density at radius 3 is 2.86 bits per heavy atom. The Labute approximate surface area is 132 Å². The summed E-state index contributed by atoms with van der Waals surface area (Å²) in [7, 11) is 0. The average Bonchev–Trinajstić information content (AvgIpc) is 2.52. The first-order valence-electron chi connectivity index (χ1n) is 8.10. The SMILES string of the molecule is C[C@@H]1CCCCN1CCCNC(=O)/C=C/c1ccc(F)cc1. The predicted molar refractivity (Wildman–Crippen MR) is 87.9 cm³/mol. The van der Waals surface area contributed by atoms with Crippen molar-refractivity contribution in [3.05, 3.63) is 41.7 Å². The molecule has 1 aromatic rings. The van der Waals surface area contributed by atoms with Crippen LogP contribution < -0.4 is 5.32 Å². The minimum Gasteiger partial charge on any atom is -0.353 e. The van der Waals surface area contributed by atoms with E-state index in [1.54, 1.807) is 18.2 Å². The summed E-state index contributed by atoms with van der Waals surface area (Å²) < 4.78 is 12.8. The lowest BCUT2D eigenvalue weighted by Crippen LogP contribution is -2.39. The molecule has 1 atom stereocenters. The van der Waals surface area contributed by atoms with Gasteiger partial charge in [-0.3, -0.25) is 4.79 Å². The van der Waals surface area contributed by atoms with Crippen LogP contribution in [0.2, 0.25) is 0 Å². The molecule has 22 heavy (non-hydrogen) atoms. The second kappa shape index (κ2) is 8.69. The monoisotopic (exact) mass is 304 g/mol. The maximum atomic E-state index is 12.8. The topological polar surface area (TPSA) is 32.3 Å². The minimum atomic E-state index is -0.270. The van der Waals surface area contributed by atoms with Crippen LogP contribution in [-0.4, -0.2) is 36.5 Å². The number of carbonyl (C=O) groups excluding carboxylic acids is 1. The lowest BCUT2D eigenvalue weighted by Gasteiger charge is -2.33. The molecular weight excluding hydrogens is 279 g/mol. The summed E-state index contributed by atoms with van der Waals surface area (Å²) in [5.41, 5.74) is 0.818. The zero-order chi connectivity index (χ0) is 15.8. The normalized spacial score (nSPS) is 19.5. The van der Waals surface area contributed by atoms with E-state index in [1.807, 2.05) is 0 Å². The second-order valence-electron chi connectivity index (χ2n) is 5.91. The molecule has 1 amide bonds. The van der Waals surface area contributed by atoms with Crippen LogP contribution in [0.25, 0.3) is 6.08 Å². The predicted octanol–water partition coefficient (Wildman–Crippen LogP) is 3.22. The largest absolute Gasteiger partial charge is 0.353 e.